The lowest BCUT2D eigenvalue weighted by Gasteiger charge is -2.25. The molecule has 0 aromatic heterocycles. The molecule has 0 saturated carbocycles. The summed E-state index contributed by atoms with van der Waals surface area (Å²) in [4.78, 5) is 0.672. The maximum absolute atomic E-state index is 13.4. The van der Waals surface area contributed by atoms with Crippen LogP contribution < -0.4 is 14.8 Å². The Labute approximate surface area is 159 Å². The second-order valence-electron chi connectivity index (χ2n) is 6.13. The lowest BCUT2D eigenvalue weighted by atomic mass is 10.1. The second-order valence-corrected chi connectivity index (χ2v) is 7.63. The van der Waals surface area contributed by atoms with E-state index >= 15 is 0 Å². The maximum Gasteiger partial charge on any atom is 0.201 e. The first-order valence-corrected chi connectivity index (χ1v) is 9.69. The smallest absolute Gasteiger partial charge is 0.201 e. The van der Waals surface area contributed by atoms with Gasteiger partial charge in [0.2, 0.25) is 5.44 Å². The predicted molar refractivity (Wildman–Crippen MR) is 103 cm³/mol. The van der Waals surface area contributed by atoms with Gasteiger partial charge in [0.25, 0.3) is 0 Å². The van der Waals surface area contributed by atoms with Gasteiger partial charge in [-0.1, -0.05) is 24.3 Å². The number of halogens is 1. The highest BCUT2D eigenvalue weighted by Gasteiger charge is 2.38. The SMILES string of the molecule is COc1ccc(N[C@@H](c2ccc(F)cc2)[C@@H]2Oc3ccccc3S2=O)cc1. The molecule has 4 nitrogen and oxygen atoms in total. The van der Waals surface area contributed by atoms with Crippen LogP contribution in [0, 0.1) is 5.82 Å². The van der Waals surface area contributed by atoms with Crippen LogP contribution in [0.2, 0.25) is 0 Å². The molecule has 0 aliphatic carbocycles. The molecule has 138 valence electrons. The highest BCUT2D eigenvalue weighted by molar-refractivity contribution is 7.86. The molecule has 3 aromatic rings. The Bertz CT molecular complexity index is 960. The standard InChI is InChI=1S/C21H18FNO3S/c1-25-17-12-10-16(11-13-17)23-20(14-6-8-15(22)9-7-14)21-26-18-4-2-3-5-19(18)27(21)24/h2-13,20-21,23H,1H3/t20-,21+,27?/m0/s1. The number of hydrogen-bond acceptors (Lipinski definition) is 4. The van der Waals surface area contributed by atoms with E-state index in [9.17, 15) is 8.60 Å². The lowest BCUT2D eigenvalue weighted by Crippen LogP contribution is -2.31. The van der Waals surface area contributed by atoms with Crippen LogP contribution in [-0.4, -0.2) is 16.8 Å². The van der Waals surface area contributed by atoms with E-state index in [2.05, 4.69) is 5.32 Å². The minimum Gasteiger partial charge on any atom is -0.497 e. The number of nitrogens with one attached hydrogen (secondary N) is 1. The number of methoxy groups -OCH3 is 1. The van der Waals surface area contributed by atoms with Crippen LogP contribution in [-0.2, 0) is 10.8 Å². The van der Waals surface area contributed by atoms with Crippen LogP contribution in [0.15, 0.2) is 77.7 Å². The molecule has 1 heterocycles. The van der Waals surface area contributed by atoms with Gasteiger partial charge in [-0.25, -0.2) is 4.39 Å². The van der Waals surface area contributed by atoms with Crippen molar-refractivity contribution in [3.05, 3.63) is 84.2 Å². The van der Waals surface area contributed by atoms with Gasteiger partial charge >= 0.3 is 0 Å². The molecule has 0 bridgehead atoms. The Balaban J connectivity index is 1.68. The summed E-state index contributed by atoms with van der Waals surface area (Å²) in [6, 6.07) is 20.5. The molecular formula is C21H18FNO3S. The predicted octanol–water partition coefficient (Wildman–Crippen LogP) is 4.51. The van der Waals surface area contributed by atoms with Crippen LogP contribution in [0.1, 0.15) is 11.6 Å². The van der Waals surface area contributed by atoms with E-state index < -0.39 is 22.3 Å². The minimum atomic E-state index is -1.35. The van der Waals surface area contributed by atoms with Crippen LogP contribution in [0.3, 0.4) is 0 Å². The Kier molecular flexibility index (Phi) is 4.81. The molecule has 1 unspecified atom stereocenters. The number of anilines is 1. The Hall–Kier alpha value is -2.86. The van der Waals surface area contributed by atoms with Crippen molar-refractivity contribution in [1.82, 2.24) is 0 Å². The second kappa shape index (κ2) is 7.40. The van der Waals surface area contributed by atoms with Gasteiger partial charge in [0.15, 0.2) is 0 Å². The normalized spacial score (nSPS) is 19.0. The van der Waals surface area contributed by atoms with Crippen molar-refractivity contribution in [1.29, 1.82) is 0 Å². The van der Waals surface area contributed by atoms with Crippen LogP contribution >= 0.6 is 0 Å². The lowest BCUT2D eigenvalue weighted by molar-refractivity contribution is 0.267. The molecule has 0 amide bonds. The van der Waals surface area contributed by atoms with Crippen molar-refractivity contribution in [3.63, 3.8) is 0 Å². The van der Waals surface area contributed by atoms with Gasteiger partial charge in [0, 0.05) is 5.69 Å². The fourth-order valence-corrected chi connectivity index (χ4v) is 4.49. The fourth-order valence-electron chi connectivity index (χ4n) is 3.04. The minimum absolute atomic E-state index is 0.321. The fraction of sp³-hybridized carbons (Fsp3) is 0.143. The summed E-state index contributed by atoms with van der Waals surface area (Å²) in [6.45, 7) is 0. The zero-order chi connectivity index (χ0) is 18.8. The van der Waals surface area contributed by atoms with Crippen molar-refractivity contribution in [2.24, 2.45) is 0 Å². The van der Waals surface area contributed by atoms with E-state index in [0.29, 0.717) is 10.6 Å². The highest BCUT2D eigenvalue weighted by atomic mass is 32.2. The molecule has 1 N–H and O–H groups in total. The Morgan fingerprint density at radius 1 is 1.04 bits per heavy atom. The molecule has 0 spiro atoms. The first-order valence-electron chi connectivity index (χ1n) is 8.48. The largest absolute Gasteiger partial charge is 0.497 e. The van der Waals surface area contributed by atoms with E-state index in [4.69, 9.17) is 9.47 Å². The van der Waals surface area contributed by atoms with E-state index in [1.165, 1.54) is 12.1 Å². The molecule has 0 saturated heterocycles. The van der Waals surface area contributed by atoms with Crippen LogP contribution in [0.25, 0.3) is 0 Å². The monoisotopic (exact) mass is 383 g/mol. The molecule has 1 aliphatic heterocycles. The summed E-state index contributed by atoms with van der Waals surface area (Å²) >= 11 is 0. The molecule has 3 aromatic carbocycles. The van der Waals surface area contributed by atoms with E-state index in [0.717, 1.165) is 17.0 Å². The first-order chi connectivity index (χ1) is 13.2. The van der Waals surface area contributed by atoms with Gasteiger partial charge < -0.3 is 14.8 Å². The molecule has 27 heavy (non-hydrogen) atoms. The summed E-state index contributed by atoms with van der Waals surface area (Å²) in [5, 5.41) is 3.38. The summed E-state index contributed by atoms with van der Waals surface area (Å²) in [5.41, 5.74) is 0.981. The topological polar surface area (TPSA) is 47.6 Å². The van der Waals surface area contributed by atoms with Crippen LogP contribution in [0.4, 0.5) is 10.1 Å². The molecule has 0 fully saturated rings. The average Bonchev–Trinajstić information content (AvgIpc) is 3.04. The molecule has 6 heteroatoms. The Morgan fingerprint density at radius 2 is 1.74 bits per heavy atom. The third-order valence-electron chi connectivity index (χ3n) is 4.43. The van der Waals surface area contributed by atoms with Crippen molar-refractivity contribution in [2.45, 2.75) is 16.4 Å². The zero-order valence-electron chi connectivity index (χ0n) is 14.6. The average molecular weight is 383 g/mol. The van der Waals surface area contributed by atoms with Crippen molar-refractivity contribution >= 4 is 16.5 Å². The number of benzene rings is 3. The summed E-state index contributed by atoms with van der Waals surface area (Å²) in [5.74, 6) is 1.04. The van der Waals surface area contributed by atoms with E-state index in [-0.39, 0.29) is 5.82 Å². The number of para-hydroxylation sites is 1. The zero-order valence-corrected chi connectivity index (χ0v) is 15.4. The number of ether oxygens (including phenoxy) is 2. The van der Waals surface area contributed by atoms with Gasteiger partial charge in [-0.3, -0.25) is 4.21 Å². The Morgan fingerprint density at radius 3 is 2.41 bits per heavy atom. The third-order valence-corrected chi connectivity index (χ3v) is 5.99. The highest BCUT2D eigenvalue weighted by Crippen LogP contribution is 2.39. The summed E-state index contributed by atoms with van der Waals surface area (Å²) in [6.07, 6.45) is 0. The van der Waals surface area contributed by atoms with Crippen molar-refractivity contribution < 1.29 is 18.1 Å². The van der Waals surface area contributed by atoms with Gasteiger partial charge in [-0.15, -0.1) is 0 Å². The van der Waals surface area contributed by atoms with Crippen LogP contribution in [0.5, 0.6) is 11.5 Å². The number of hydrogen-bond donors (Lipinski definition) is 1. The number of rotatable bonds is 5. The number of fused-ring (bicyclic) bond motifs is 1. The summed E-state index contributed by atoms with van der Waals surface area (Å²) < 4.78 is 37.6. The van der Waals surface area contributed by atoms with Gasteiger partial charge in [-0.05, 0) is 54.1 Å². The molecule has 1 aliphatic rings. The van der Waals surface area contributed by atoms with E-state index in [1.807, 2.05) is 42.5 Å². The maximum atomic E-state index is 13.4. The van der Waals surface area contributed by atoms with Crippen molar-refractivity contribution in [2.75, 3.05) is 12.4 Å². The third kappa shape index (κ3) is 3.53. The first kappa shape index (κ1) is 17.5. The quantitative estimate of drug-likeness (QED) is 0.704. The molecular weight excluding hydrogens is 365 g/mol. The van der Waals surface area contributed by atoms with Gasteiger partial charge in [0.1, 0.15) is 34.2 Å². The molecule has 3 atom stereocenters. The van der Waals surface area contributed by atoms with E-state index in [1.54, 1.807) is 25.3 Å². The van der Waals surface area contributed by atoms with Gasteiger partial charge in [0.05, 0.1) is 12.0 Å². The summed E-state index contributed by atoms with van der Waals surface area (Å²) in [7, 11) is 0.253. The van der Waals surface area contributed by atoms with Crippen molar-refractivity contribution in [3.8, 4) is 11.5 Å². The van der Waals surface area contributed by atoms with Gasteiger partial charge in [-0.2, -0.15) is 0 Å². The molecule has 4 rings (SSSR count). The molecule has 0 radical (unpaired) electrons.